The summed E-state index contributed by atoms with van der Waals surface area (Å²) in [6, 6.07) is 5.31. The molecule has 0 saturated heterocycles. The minimum absolute atomic E-state index is 0.0698. The average Bonchev–Trinajstić information content (AvgIpc) is 2.38. The van der Waals surface area contributed by atoms with Crippen molar-refractivity contribution in [3.63, 3.8) is 0 Å². The highest BCUT2D eigenvalue weighted by Gasteiger charge is 2.52. The van der Waals surface area contributed by atoms with E-state index >= 15 is 0 Å². The number of carbonyl (C=O) groups is 1. The van der Waals surface area contributed by atoms with Crippen molar-refractivity contribution in [2.75, 3.05) is 0 Å². The molecule has 21 heavy (non-hydrogen) atoms. The molecule has 4 aliphatic carbocycles. The molecule has 4 fully saturated rings. The molecule has 3 nitrogen and oxygen atoms in total. The molecule has 4 saturated carbocycles. The van der Waals surface area contributed by atoms with Crippen LogP contribution in [0.15, 0.2) is 18.2 Å². The lowest BCUT2D eigenvalue weighted by atomic mass is 9.48. The predicted molar refractivity (Wildman–Crippen MR) is 76.7 cm³/mol. The molecule has 4 aliphatic rings. The maximum atomic E-state index is 10.8. The van der Waals surface area contributed by atoms with Gasteiger partial charge in [-0.3, -0.25) is 0 Å². The standard InChI is InChI=1S/C18H22O3/c19-16-2-1-11(7-17(20)21)6-15(16)18-8-12-3-13(9-18)5-14(4-12)10-18/h1-2,6,12-14,19H,3-5,7-10H2,(H,20,21)/p-1. The van der Waals surface area contributed by atoms with Gasteiger partial charge in [-0.15, -0.1) is 0 Å². The molecule has 1 N–H and O–H groups in total. The smallest absolute Gasteiger partial charge is 0.119 e. The third-order valence-corrected chi connectivity index (χ3v) is 6.02. The van der Waals surface area contributed by atoms with Gasteiger partial charge >= 0.3 is 0 Å². The minimum atomic E-state index is -1.06. The molecule has 0 radical (unpaired) electrons. The molecule has 0 aliphatic heterocycles. The number of hydrogen-bond donors (Lipinski definition) is 1. The van der Waals surface area contributed by atoms with Crippen LogP contribution >= 0.6 is 0 Å². The Hall–Kier alpha value is -1.51. The fourth-order valence-electron chi connectivity index (χ4n) is 5.73. The molecule has 0 unspecified atom stereocenters. The monoisotopic (exact) mass is 285 g/mol. The Labute approximate surface area is 125 Å². The van der Waals surface area contributed by atoms with Crippen LogP contribution in [-0.4, -0.2) is 11.1 Å². The number of phenols is 1. The van der Waals surface area contributed by atoms with Crippen LogP contribution in [0.25, 0.3) is 0 Å². The summed E-state index contributed by atoms with van der Waals surface area (Å²) < 4.78 is 0. The van der Waals surface area contributed by atoms with Crippen LogP contribution in [-0.2, 0) is 16.6 Å². The summed E-state index contributed by atoms with van der Waals surface area (Å²) in [5.74, 6) is 1.71. The van der Waals surface area contributed by atoms with E-state index in [1.807, 2.05) is 6.07 Å². The number of rotatable bonds is 3. The first-order valence-electron chi connectivity index (χ1n) is 8.06. The van der Waals surface area contributed by atoms with Crippen LogP contribution in [0.3, 0.4) is 0 Å². The lowest BCUT2D eigenvalue weighted by molar-refractivity contribution is -0.304. The molecule has 1 aromatic rings. The zero-order chi connectivity index (χ0) is 14.6. The van der Waals surface area contributed by atoms with Crippen LogP contribution in [0.5, 0.6) is 5.75 Å². The Kier molecular flexibility index (Phi) is 2.82. The van der Waals surface area contributed by atoms with Gasteiger partial charge in [0, 0.05) is 18.0 Å². The van der Waals surface area contributed by atoms with Crippen LogP contribution in [0, 0.1) is 17.8 Å². The molecule has 3 heteroatoms. The Morgan fingerprint density at radius 2 is 1.71 bits per heavy atom. The molecule has 0 spiro atoms. The van der Waals surface area contributed by atoms with E-state index in [9.17, 15) is 15.0 Å². The molecule has 0 atom stereocenters. The Morgan fingerprint density at radius 1 is 1.14 bits per heavy atom. The fourth-order valence-corrected chi connectivity index (χ4v) is 5.73. The molecular formula is C18H21O3-. The number of aromatic hydroxyl groups is 1. The average molecular weight is 285 g/mol. The van der Waals surface area contributed by atoms with E-state index < -0.39 is 5.97 Å². The zero-order valence-electron chi connectivity index (χ0n) is 12.2. The number of aliphatic carboxylic acids is 1. The number of benzene rings is 1. The summed E-state index contributed by atoms with van der Waals surface area (Å²) >= 11 is 0. The third-order valence-electron chi connectivity index (χ3n) is 6.02. The van der Waals surface area contributed by atoms with E-state index in [0.717, 1.165) is 28.9 Å². The van der Waals surface area contributed by atoms with Crippen LogP contribution < -0.4 is 5.11 Å². The van der Waals surface area contributed by atoms with E-state index in [-0.39, 0.29) is 11.8 Å². The van der Waals surface area contributed by atoms with Crippen molar-refractivity contribution in [1.82, 2.24) is 0 Å². The molecule has 0 heterocycles. The molecule has 112 valence electrons. The highest BCUT2D eigenvalue weighted by molar-refractivity contribution is 5.68. The fraction of sp³-hybridized carbons (Fsp3) is 0.611. The molecular weight excluding hydrogens is 264 g/mol. The summed E-state index contributed by atoms with van der Waals surface area (Å²) in [6.45, 7) is 0. The van der Waals surface area contributed by atoms with Gasteiger partial charge in [-0.25, -0.2) is 0 Å². The summed E-state index contributed by atoms with van der Waals surface area (Å²) in [6.07, 6.45) is 7.51. The van der Waals surface area contributed by atoms with Crippen molar-refractivity contribution >= 4 is 5.97 Å². The normalized spacial score (nSPS) is 36.9. The first-order chi connectivity index (χ1) is 10.0. The molecule has 0 amide bonds. The van der Waals surface area contributed by atoms with Crippen molar-refractivity contribution in [1.29, 1.82) is 0 Å². The first-order valence-corrected chi connectivity index (χ1v) is 8.06. The van der Waals surface area contributed by atoms with Gasteiger partial charge in [0.15, 0.2) is 0 Å². The number of carboxylic acids is 1. The van der Waals surface area contributed by atoms with Gasteiger partial charge in [0.25, 0.3) is 0 Å². The molecule has 1 aromatic carbocycles. The molecule has 0 aromatic heterocycles. The second-order valence-corrected chi connectivity index (χ2v) is 7.60. The Balaban J connectivity index is 1.73. The Morgan fingerprint density at radius 3 is 2.24 bits per heavy atom. The molecule has 4 bridgehead atoms. The van der Waals surface area contributed by atoms with Gasteiger partial charge in [-0.05, 0) is 73.3 Å². The van der Waals surface area contributed by atoms with Crippen molar-refractivity contribution in [3.8, 4) is 5.75 Å². The maximum Gasteiger partial charge on any atom is 0.119 e. The summed E-state index contributed by atoms with van der Waals surface area (Å²) in [5, 5.41) is 21.2. The van der Waals surface area contributed by atoms with Gasteiger partial charge in [-0.2, -0.15) is 0 Å². The lowest BCUT2D eigenvalue weighted by Crippen LogP contribution is -2.48. The van der Waals surface area contributed by atoms with Gasteiger partial charge in [0.05, 0.1) is 0 Å². The van der Waals surface area contributed by atoms with Gasteiger partial charge < -0.3 is 15.0 Å². The summed E-state index contributed by atoms with van der Waals surface area (Å²) in [4.78, 5) is 10.8. The van der Waals surface area contributed by atoms with Gasteiger partial charge in [0.2, 0.25) is 0 Å². The molecule has 5 rings (SSSR count). The van der Waals surface area contributed by atoms with Crippen molar-refractivity contribution in [2.45, 2.75) is 50.4 Å². The van der Waals surface area contributed by atoms with Crippen LogP contribution in [0.4, 0.5) is 0 Å². The van der Waals surface area contributed by atoms with Crippen molar-refractivity contribution < 1.29 is 15.0 Å². The predicted octanol–water partition coefficient (Wildman–Crippen LogP) is 2.15. The minimum Gasteiger partial charge on any atom is -0.550 e. The number of hydrogen-bond acceptors (Lipinski definition) is 3. The first kappa shape index (κ1) is 13.2. The van der Waals surface area contributed by atoms with Crippen molar-refractivity contribution in [2.24, 2.45) is 17.8 Å². The van der Waals surface area contributed by atoms with Crippen LogP contribution in [0.2, 0.25) is 0 Å². The largest absolute Gasteiger partial charge is 0.550 e. The highest BCUT2D eigenvalue weighted by Crippen LogP contribution is 2.61. The SMILES string of the molecule is O=C([O-])Cc1ccc(O)c(C23CC4CC(CC(C4)C2)C3)c1. The second-order valence-electron chi connectivity index (χ2n) is 7.60. The number of phenolic OH excluding ortho intramolecular Hbond substituents is 1. The Bertz CT molecular complexity index is 555. The van der Waals surface area contributed by atoms with Crippen LogP contribution in [0.1, 0.15) is 49.7 Å². The number of carbonyl (C=O) groups excluding carboxylic acids is 1. The number of carboxylic acid groups (broad SMARTS) is 1. The van der Waals surface area contributed by atoms with Crippen molar-refractivity contribution in [3.05, 3.63) is 29.3 Å². The van der Waals surface area contributed by atoms with Gasteiger partial charge in [-0.1, -0.05) is 12.1 Å². The topological polar surface area (TPSA) is 60.4 Å². The lowest BCUT2D eigenvalue weighted by Gasteiger charge is -2.57. The quantitative estimate of drug-likeness (QED) is 0.925. The van der Waals surface area contributed by atoms with Gasteiger partial charge in [0.1, 0.15) is 5.75 Å². The van der Waals surface area contributed by atoms with E-state index in [0.29, 0.717) is 5.75 Å². The second kappa shape index (κ2) is 4.49. The highest BCUT2D eigenvalue weighted by atomic mass is 16.4. The maximum absolute atomic E-state index is 10.8. The third kappa shape index (κ3) is 2.14. The summed E-state index contributed by atoms with van der Waals surface area (Å²) in [5.41, 5.74) is 1.85. The van der Waals surface area contributed by atoms with E-state index in [1.54, 1.807) is 12.1 Å². The van der Waals surface area contributed by atoms with E-state index in [1.165, 1.54) is 38.5 Å². The zero-order valence-corrected chi connectivity index (χ0v) is 12.2. The van der Waals surface area contributed by atoms with E-state index in [2.05, 4.69) is 0 Å². The van der Waals surface area contributed by atoms with E-state index in [4.69, 9.17) is 0 Å². The summed E-state index contributed by atoms with van der Waals surface area (Å²) in [7, 11) is 0.